The Labute approximate surface area is 236 Å². The summed E-state index contributed by atoms with van der Waals surface area (Å²) in [7, 11) is 0. The summed E-state index contributed by atoms with van der Waals surface area (Å²) < 4.78 is 5.17. The lowest BCUT2D eigenvalue weighted by atomic mass is 9.97. The average Bonchev–Trinajstić information content (AvgIpc) is 3.34. The first-order valence-corrected chi connectivity index (χ1v) is 13.9. The van der Waals surface area contributed by atoms with E-state index in [-0.39, 0.29) is 6.04 Å². The molecular formula is C31H39N7O2. The maximum atomic E-state index is 10.7. The Bertz CT molecular complexity index is 1300. The summed E-state index contributed by atoms with van der Waals surface area (Å²) in [5, 5.41) is 29.8. The minimum atomic E-state index is -0.657. The Morgan fingerprint density at radius 2 is 1.95 bits per heavy atom. The van der Waals surface area contributed by atoms with Crippen LogP contribution >= 0.6 is 0 Å². The number of nitrogens with two attached hydrogens (primary N) is 1. The van der Waals surface area contributed by atoms with Crippen LogP contribution in [0.4, 0.5) is 11.4 Å². The minimum absolute atomic E-state index is 0.0179. The molecule has 9 heteroatoms. The van der Waals surface area contributed by atoms with Crippen LogP contribution in [0.5, 0.6) is 0 Å². The zero-order valence-electron chi connectivity index (χ0n) is 22.9. The van der Waals surface area contributed by atoms with Crippen LogP contribution in [-0.4, -0.2) is 72.7 Å². The third-order valence-electron chi connectivity index (χ3n) is 7.32. The summed E-state index contributed by atoms with van der Waals surface area (Å²) in [5.74, 6) is 0.606. The van der Waals surface area contributed by atoms with Gasteiger partial charge in [-0.3, -0.25) is 15.3 Å². The van der Waals surface area contributed by atoms with Gasteiger partial charge < -0.3 is 31.5 Å². The Kier molecular flexibility index (Phi) is 9.08. The molecule has 0 saturated carbocycles. The highest BCUT2D eigenvalue weighted by Gasteiger charge is 2.28. The second-order valence-electron chi connectivity index (χ2n) is 10.6. The molecule has 2 atom stereocenters. The van der Waals surface area contributed by atoms with E-state index in [4.69, 9.17) is 20.9 Å². The maximum absolute atomic E-state index is 10.7. The van der Waals surface area contributed by atoms with Crippen molar-refractivity contribution in [2.45, 2.75) is 38.1 Å². The highest BCUT2D eigenvalue weighted by atomic mass is 16.5. The van der Waals surface area contributed by atoms with Gasteiger partial charge in [0.05, 0.1) is 36.6 Å². The Hall–Kier alpha value is -3.76. The number of hydrogen-bond acceptors (Lipinski definition) is 8. The Morgan fingerprint density at radius 3 is 2.67 bits per heavy atom. The molecule has 0 aliphatic carbocycles. The van der Waals surface area contributed by atoms with Gasteiger partial charge in [0.25, 0.3) is 0 Å². The lowest BCUT2D eigenvalue weighted by molar-refractivity contribution is -0.00353. The number of benzene rings is 2. The van der Waals surface area contributed by atoms with Crippen LogP contribution in [0.2, 0.25) is 0 Å². The molecule has 0 aromatic heterocycles. The molecule has 2 aromatic rings. The van der Waals surface area contributed by atoms with E-state index >= 15 is 0 Å². The van der Waals surface area contributed by atoms with Gasteiger partial charge >= 0.3 is 0 Å². The van der Waals surface area contributed by atoms with Gasteiger partial charge in [0.15, 0.2) is 0 Å². The quantitative estimate of drug-likeness (QED) is 0.201. The number of hydrogen-bond donors (Lipinski definition) is 6. The monoisotopic (exact) mass is 541 g/mol. The minimum Gasteiger partial charge on any atom is -0.401 e. The number of ether oxygens (including phenoxy) is 1. The number of nitrogens with one attached hydrogen (secondary N) is 4. The topological polar surface area (TPSA) is 131 Å². The number of nitrogens with zero attached hydrogens (tertiary/aromatic N) is 2. The molecule has 3 aliphatic heterocycles. The molecule has 7 N–H and O–H groups in total. The lowest BCUT2D eigenvalue weighted by Crippen LogP contribution is -2.45. The van der Waals surface area contributed by atoms with Crippen LogP contribution < -0.4 is 21.7 Å². The number of likely N-dealkylation sites (tertiary alicyclic amines) is 1. The first-order chi connectivity index (χ1) is 19.5. The fourth-order valence-electron chi connectivity index (χ4n) is 4.99. The first-order valence-electron chi connectivity index (χ1n) is 13.9. The standard InChI is InChI=1S/C31H39N7O2/c1-21-16-27(32)29(30(33)22-9-11-24(12-10-22)36-23-6-3-2-4-7-23)31(35-17-21)37-25-13-15-38(18-25)28(39)8-5-14-34-26-19-40-20-26/h2-12,17,25-26,28,33-34,36,39H,13-16,18-20,32H2,1H3,(H,35,37)/b8-5+,33-30?. The van der Waals surface area contributed by atoms with E-state index in [1.807, 2.05) is 84.8 Å². The second kappa shape index (κ2) is 13.1. The number of aliphatic imine (C=N–C) groups is 1. The molecule has 2 aromatic carbocycles. The van der Waals surface area contributed by atoms with Gasteiger partial charge in [0.2, 0.25) is 0 Å². The van der Waals surface area contributed by atoms with Gasteiger partial charge in [-0.05, 0) is 43.7 Å². The van der Waals surface area contributed by atoms with Gasteiger partial charge in [0, 0.05) is 54.9 Å². The molecule has 0 spiro atoms. The molecule has 40 heavy (non-hydrogen) atoms. The fourth-order valence-corrected chi connectivity index (χ4v) is 4.99. The molecule has 3 heterocycles. The van der Waals surface area contributed by atoms with Crippen molar-refractivity contribution < 1.29 is 9.84 Å². The van der Waals surface area contributed by atoms with Crippen molar-refractivity contribution in [1.29, 1.82) is 5.41 Å². The summed E-state index contributed by atoms with van der Waals surface area (Å²) >= 11 is 0. The van der Waals surface area contributed by atoms with Crippen molar-refractivity contribution in [1.82, 2.24) is 15.5 Å². The number of amidine groups is 1. The number of allylic oxidation sites excluding steroid dienone is 1. The fraction of sp³-hybridized carbons (Fsp3) is 0.355. The van der Waals surface area contributed by atoms with Crippen molar-refractivity contribution in [2.75, 3.05) is 38.2 Å². The first kappa shape index (κ1) is 27.8. The Morgan fingerprint density at radius 1 is 1.20 bits per heavy atom. The van der Waals surface area contributed by atoms with Crippen molar-refractivity contribution in [3.63, 3.8) is 0 Å². The molecule has 210 valence electrons. The number of para-hydroxylation sites is 1. The van der Waals surface area contributed by atoms with Crippen LogP contribution in [-0.2, 0) is 4.74 Å². The number of rotatable bonds is 10. The summed E-state index contributed by atoms with van der Waals surface area (Å²) in [5.41, 5.74) is 11.9. The van der Waals surface area contributed by atoms with E-state index in [0.717, 1.165) is 48.7 Å². The van der Waals surface area contributed by atoms with Crippen molar-refractivity contribution in [3.05, 3.63) is 95.4 Å². The SMILES string of the molecule is CC1=CNC(=NC2CCN(C(O)/C=C/CNC3COC3)C2)C(C(=N)c2ccc(Nc3ccccc3)cc2)=C(N)C1. The van der Waals surface area contributed by atoms with Gasteiger partial charge in [-0.2, -0.15) is 0 Å². The van der Waals surface area contributed by atoms with Gasteiger partial charge in [-0.15, -0.1) is 0 Å². The summed E-state index contributed by atoms with van der Waals surface area (Å²) in [4.78, 5) is 7.04. The smallest absolute Gasteiger partial charge is 0.136 e. The van der Waals surface area contributed by atoms with E-state index in [1.54, 1.807) is 0 Å². The third-order valence-corrected chi connectivity index (χ3v) is 7.32. The Balaban J connectivity index is 1.26. The number of aliphatic hydroxyl groups excluding tert-OH is 1. The number of anilines is 2. The normalized spacial score (nSPS) is 22.1. The molecule has 2 unspecified atom stereocenters. The summed E-state index contributed by atoms with van der Waals surface area (Å²) in [6, 6.07) is 18.2. The average molecular weight is 542 g/mol. The van der Waals surface area contributed by atoms with Crippen molar-refractivity contribution in [2.24, 2.45) is 10.7 Å². The summed E-state index contributed by atoms with van der Waals surface area (Å²) in [6.07, 6.45) is 6.44. The van der Waals surface area contributed by atoms with Gasteiger partial charge in [-0.1, -0.05) is 42.0 Å². The molecule has 0 radical (unpaired) electrons. The lowest BCUT2D eigenvalue weighted by Gasteiger charge is -2.26. The molecule has 2 fully saturated rings. The van der Waals surface area contributed by atoms with E-state index in [1.165, 1.54) is 0 Å². The molecular weight excluding hydrogens is 502 g/mol. The summed E-state index contributed by atoms with van der Waals surface area (Å²) in [6.45, 7) is 5.60. The maximum Gasteiger partial charge on any atom is 0.136 e. The van der Waals surface area contributed by atoms with Crippen LogP contribution in [0.1, 0.15) is 25.3 Å². The van der Waals surface area contributed by atoms with Crippen LogP contribution in [0.15, 0.2) is 94.8 Å². The highest BCUT2D eigenvalue weighted by molar-refractivity contribution is 6.29. The molecule has 0 bridgehead atoms. The largest absolute Gasteiger partial charge is 0.401 e. The van der Waals surface area contributed by atoms with Crippen LogP contribution in [0, 0.1) is 5.41 Å². The zero-order valence-corrected chi connectivity index (χ0v) is 22.9. The van der Waals surface area contributed by atoms with E-state index < -0.39 is 6.23 Å². The van der Waals surface area contributed by atoms with Crippen molar-refractivity contribution in [3.8, 4) is 0 Å². The third kappa shape index (κ3) is 7.05. The van der Waals surface area contributed by atoms with E-state index in [9.17, 15) is 5.11 Å². The molecule has 9 nitrogen and oxygen atoms in total. The van der Waals surface area contributed by atoms with E-state index in [2.05, 4.69) is 16.0 Å². The molecule has 5 rings (SSSR count). The van der Waals surface area contributed by atoms with Gasteiger partial charge in [0.1, 0.15) is 12.1 Å². The van der Waals surface area contributed by atoms with Gasteiger partial charge in [-0.25, -0.2) is 0 Å². The van der Waals surface area contributed by atoms with Crippen LogP contribution in [0.3, 0.4) is 0 Å². The molecule has 2 saturated heterocycles. The predicted molar refractivity (Wildman–Crippen MR) is 161 cm³/mol. The second-order valence-corrected chi connectivity index (χ2v) is 10.6. The van der Waals surface area contributed by atoms with E-state index in [0.29, 0.717) is 48.4 Å². The van der Waals surface area contributed by atoms with Crippen molar-refractivity contribution >= 4 is 22.9 Å². The zero-order chi connectivity index (χ0) is 27.9. The highest BCUT2D eigenvalue weighted by Crippen LogP contribution is 2.23. The predicted octanol–water partition coefficient (Wildman–Crippen LogP) is 3.24. The van der Waals surface area contributed by atoms with Crippen LogP contribution in [0.25, 0.3) is 0 Å². The molecule has 3 aliphatic rings. The number of aliphatic hydroxyl groups is 1. The molecule has 0 amide bonds.